The van der Waals surface area contributed by atoms with Gasteiger partial charge in [-0.05, 0) is 78.9 Å². The second-order valence-corrected chi connectivity index (χ2v) is 17.3. The van der Waals surface area contributed by atoms with Gasteiger partial charge in [-0.3, -0.25) is 29.4 Å². The molecule has 69 heavy (non-hydrogen) atoms. The number of amides is 3. The van der Waals surface area contributed by atoms with E-state index in [-0.39, 0.29) is 48.2 Å². The number of anilines is 3. The molecule has 0 saturated carbocycles. The van der Waals surface area contributed by atoms with E-state index in [1.54, 1.807) is 24.2 Å². The summed E-state index contributed by atoms with van der Waals surface area (Å²) in [6.07, 6.45) is 3.67. The van der Waals surface area contributed by atoms with E-state index in [1.807, 2.05) is 60.7 Å². The van der Waals surface area contributed by atoms with E-state index in [0.717, 1.165) is 40.7 Å². The molecule has 5 aromatic rings. The number of aryl methyl sites for hydroxylation is 1. The smallest absolute Gasteiger partial charge is 0.293 e. The number of hydrogen-bond acceptors (Lipinski definition) is 16. The molecule has 3 aliphatic heterocycles. The summed E-state index contributed by atoms with van der Waals surface area (Å²) in [5, 5.41) is 20.1. The van der Waals surface area contributed by atoms with Gasteiger partial charge < -0.3 is 53.6 Å². The largest absolute Gasteiger partial charge is 0.493 e. The summed E-state index contributed by atoms with van der Waals surface area (Å²) in [5.41, 5.74) is 3.74. The minimum Gasteiger partial charge on any atom is -0.493 e. The van der Waals surface area contributed by atoms with Gasteiger partial charge in [-0.25, -0.2) is 4.98 Å². The maximum atomic E-state index is 12.8. The molecule has 0 aliphatic carbocycles. The van der Waals surface area contributed by atoms with Crippen molar-refractivity contribution >= 4 is 57.7 Å². The number of benzene rings is 3. The number of likely N-dealkylation sites (N-methyl/N-ethyl adjacent to an activating group) is 1. The molecule has 3 aliphatic rings. The van der Waals surface area contributed by atoms with Crippen LogP contribution in [0, 0.1) is 0 Å². The summed E-state index contributed by atoms with van der Waals surface area (Å²) in [6.45, 7) is 4.62. The van der Waals surface area contributed by atoms with E-state index in [0.29, 0.717) is 112 Å². The number of nitrogens with one attached hydrogen (secondary N) is 3. The van der Waals surface area contributed by atoms with Crippen molar-refractivity contribution in [1.82, 2.24) is 30.1 Å². The number of fused-ring (bicyclic) bond motifs is 2. The Morgan fingerprint density at radius 2 is 1.65 bits per heavy atom. The van der Waals surface area contributed by atoms with Crippen LogP contribution in [-0.4, -0.2) is 127 Å². The molecular weight excluding hydrogens is 912 g/mol. The fraction of sp³-hybridized carbons (Fsp3) is 0.429. The van der Waals surface area contributed by atoms with Crippen LogP contribution in [0.1, 0.15) is 48.6 Å². The first-order chi connectivity index (χ1) is 33.5. The predicted molar refractivity (Wildman–Crippen MR) is 256 cm³/mol. The number of nitrogens with zero attached hydrogens (tertiary/aromatic N) is 5. The predicted octanol–water partition coefficient (Wildman–Crippen LogP) is 4.18. The molecule has 0 bridgehead atoms. The van der Waals surface area contributed by atoms with Crippen LogP contribution >= 0.6 is 11.6 Å². The zero-order chi connectivity index (χ0) is 48.3. The van der Waals surface area contributed by atoms with Crippen LogP contribution in [0.15, 0.2) is 77.7 Å². The standard InChI is InChI=1S/C49H57ClN8O11/c1-51-44(60)30-69-42-27-32-25-34(6-9-40(32)56(2)48(42)63)53-45-39(50)28-52-49(55-45)57-15-12-35(13-16-57)67-22-20-64-18-19-65-21-23-68-36-5-3-4-31(24-36)14-17-66-37-7-8-38-33(26-37)29-58(47(38)62)41-10-11-43(59)54-46(41)61/h3-9,24-28,35,41,47,62H,10-23,29-30H2,1-2H3,(H,51,60)(H,52,53,55)(H,54,59,61). The lowest BCUT2D eigenvalue weighted by molar-refractivity contribution is -0.141. The molecule has 366 valence electrons. The van der Waals surface area contributed by atoms with Gasteiger partial charge in [-0.15, -0.1) is 0 Å². The highest BCUT2D eigenvalue weighted by atomic mass is 35.5. The van der Waals surface area contributed by atoms with Gasteiger partial charge in [0.2, 0.25) is 17.8 Å². The van der Waals surface area contributed by atoms with E-state index < -0.39 is 12.3 Å². The molecule has 0 spiro atoms. The lowest BCUT2D eigenvalue weighted by Crippen LogP contribution is -2.51. The Hall–Kier alpha value is -6.35. The second kappa shape index (κ2) is 23.3. The number of halogens is 1. The highest BCUT2D eigenvalue weighted by Gasteiger charge is 2.40. The van der Waals surface area contributed by atoms with Gasteiger partial charge in [-0.2, -0.15) is 4.98 Å². The van der Waals surface area contributed by atoms with Gasteiger partial charge >= 0.3 is 0 Å². The van der Waals surface area contributed by atoms with Gasteiger partial charge in [-0.1, -0.05) is 29.8 Å². The van der Waals surface area contributed by atoms with Crippen molar-refractivity contribution in [1.29, 1.82) is 0 Å². The molecule has 19 nitrogen and oxygen atoms in total. The molecule has 2 atom stereocenters. The van der Waals surface area contributed by atoms with Gasteiger partial charge in [0.25, 0.3) is 11.5 Å². The zero-order valence-corrected chi connectivity index (χ0v) is 39.4. The van der Waals surface area contributed by atoms with E-state index in [2.05, 4.69) is 25.8 Å². The van der Waals surface area contributed by atoms with Crippen LogP contribution in [-0.2, 0) is 48.6 Å². The Morgan fingerprint density at radius 3 is 2.45 bits per heavy atom. The maximum Gasteiger partial charge on any atom is 0.293 e. The number of carbonyl (C=O) groups is 3. The third kappa shape index (κ3) is 12.7. The zero-order valence-electron chi connectivity index (χ0n) is 38.6. The summed E-state index contributed by atoms with van der Waals surface area (Å²) in [4.78, 5) is 61.5. The molecule has 2 saturated heterocycles. The van der Waals surface area contributed by atoms with E-state index in [1.165, 1.54) is 11.6 Å². The number of piperidine rings is 2. The number of ether oxygens (including phenoxy) is 6. The van der Waals surface area contributed by atoms with E-state index >= 15 is 0 Å². The Bertz CT molecular complexity index is 2680. The number of aromatic nitrogens is 3. The SMILES string of the molecule is CNC(=O)COc1cc2cc(Nc3nc(N4CCC(OCCOCCOCCOc5cccc(CCOc6ccc7c(c6)CN(C6CCC(=O)NC6=O)C7O)c5)CC4)ncc3Cl)ccc2n(C)c1=O. The highest BCUT2D eigenvalue weighted by Crippen LogP contribution is 2.37. The number of aliphatic hydroxyl groups is 1. The molecule has 8 rings (SSSR count). The molecule has 3 aromatic carbocycles. The van der Waals surface area contributed by atoms with Crippen molar-refractivity contribution in [2.75, 3.05) is 83.2 Å². The summed E-state index contributed by atoms with van der Waals surface area (Å²) in [5.74, 6) is 1.50. The Balaban J connectivity index is 0.677. The van der Waals surface area contributed by atoms with Crippen LogP contribution in [0.2, 0.25) is 5.02 Å². The lowest BCUT2D eigenvalue weighted by atomic mass is 10.0. The van der Waals surface area contributed by atoms with Crippen LogP contribution in [0.25, 0.3) is 10.9 Å². The van der Waals surface area contributed by atoms with Gasteiger partial charge in [0, 0.05) is 63.2 Å². The molecule has 3 amide bonds. The lowest BCUT2D eigenvalue weighted by Gasteiger charge is -2.32. The average molecular weight is 969 g/mol. The monoisotopic (exact) mass is 968 g/mol. The molecule has 2 fully saturated rings. The maximum absolute atomic E-state index is 12.8. The first-order valence-corrected chi connectivity index (χ1v) is 23.4. The third-order valence-electron chi connectivity index (χ3n) is 12.2. The molecule has 20 heteroatoms. The molecule has 2 unspecified atom stereocenters. The fourth-order valence-corrected chi connectivity index (χ4v) is 8.64. The third-order valence-corrected chi connectivity index (χ3v) is 12.5. The minimum absolute atomic E-state index is 0.0695. The normalized spacial score (nSPS) is 17.4. The minimum atomic E-state index is -0.913. The number of aliphatic hydroxyl groups excluding tert-OH is 1. The quantitative estimate of drug-likeness (QED) is 0.0565. The Labute approximate surface area is 403 Å². The molecule has 5 heterocycles. The topological polar surface area (TPSA) is 217 Å². The number of pyridine rings is 1. The summed E-state index contributed by atoms with van der Waals surface area (Å²) in [6, 6.07) is 20.0. The van der Waals surface area contributed by atoms with Gasteiger partial charge in [0.15, 0.2) is 18.2 Å². The highest BCUT2D eigenvalue weighted by molar-refractivity contribution is 6.33. The van der Waals surface area contributed by atoms with Crippen LogP contribution < -0.4 is 40.6 Å². The van der Waals surface area contributed by atoms with Crippen molar-refractivity contribution in [3.63, 3.8) is 0 Å². The fourth-order valence-electron chi connectivity index (χ4n) is 8.50. The first kappa shape index (κ1) is 49.1. The molecular formula is C49H57ClN8O11. The molecule has 2 aromatic heterocycles. The number of carbonyl (C=O) groups excluding carboxylic acids is 3. The number of imide groups is 1. The summed E-state index contributed by atoms with van der Waals surface area (Å²) in [7, 11) is 3.15. The van der Waals surface area contributed by atoms with E-state index in [4.69, 9.17) is 45.0 Å². The second-order valence-electron chi connectivity index (χ2n) is 16.8. The summed E-state index contributed by atoms with van der Waals surface area (Å²) < 4.78 is 36.5. The van der Waals surface area contributed by atoms with Crippen LogP contribution in [0.5, 0.6) is 17.2 Å². The Kier molecular flexibility index (Phi) is 16.6. The van der Waals surface area contributed by atoms with Crippen molar-refractivity contribution in [2.24, 2.45) is 7.05 Å². The average Bonchev–Trinajstić information content (AvgIpc) is 3.68. The Morgan fingerprint density at radius 1 is 0.884 bits per heavy atom. The van der Waals surface area contributed by atoms with E-state index in [9.17, 15) is 24.3 Å². The van der Waals surface area contributed by atoms with Crippen LogP contribution in [0.4, 0.5) is 17.5 Å². The van der Waals surface area contributed by atoms with Crippen molar-refractivity contribution in [2.45, 2.75) is 57.0 Å². The molecule has 4 N–H and O–H groups in total. The van der Waals surface area contributed by atoms with Crippen LogP contribution in [0.3, 0.4) is 0 Å². The number of rotatable bonds is 22. The van der Waals surface area contributed by atoms with Gasteiger partial charge in [0.05, 0.1) is 63.5 Å². The summed E-state index contributed by atoms with van der Waals surface area (Å²) >= 11 is 6.52. The first-order valence-electron chi connectivity index (χ1n) is 23.1. The van der Waals surface area contributed by atoms with Crippen molar-refractivity contribution in [3.05, 3.63) is 105 Å². The van der Waals surface area contributed by atoms with Crippen molar-refractivity contribution < 1.29 is 47.9 Å². The molecule has 0 radical (unpaired) electrons. The number of hydrogen-bond donors (Lipinski definition) is 4. The van der Waals surface area contributed by atoms with Gasteiger partial charge in [0.1, 0.15) is 29.4 Å². The van der Waals surface area contributed by atoms with Crippen molar-refractivity contribution in [3.8, 4) is 17.2 Å².